The summed E-state index contributed by atoms with van der Waals surface area (Å²) in [7, 11) is 0. The maximum Gasteiger partial charge on any atom is 0.180 e. The highest BCUT2D eigenvalue weighted by molar-refractivity contribution is 14.1. The zero-order valence-electron chi connectivity index (χ0n) is 11.6. The van der Waals surface area contributed by atoms with Gasteiger partial charge in [0.25, 0.3) is 0 Å². The maximum absolute atomic E-state index is 4.62. The molecule has 19 heavy (non-hydrogen) atoms. The summed E-state index contributed by atoms with van der Waals surface area (Å²) in [6, 6.07) is 0.336. The SMILES string of the molecule is CCNc1nc(-c2cncn2C(C)C)nc(C)c1I. The highest BCUT2D eigenvalue weighted by Gasteiger charge is 2.14. The van der Waals surface area contributed by atoms with Crippen LogP contribution in [0, 0.1) is 10.5 Å². The lowest BCUT2D eigenvalue weighted by atomic mass is 10.3. The summed E-state index contributed by atoms with van der Waals surface area (Å²) in [4.78, 5) is 13.4. The van der Waals surface area contributed by atoms with Gasteiger partial charge in [0.2, 0.25) is 0 Å². The van der Waals surface area contributed by atoms with Crippen LogP contribution < -0.4 is 5.32 Å². The highest BCUT2D eigenvalue weighted by atomic mass is 127. The summed E-state index contributed by atoms with van der Waals surface area (Å²) in [5.74, 6) is 1.61. The first-order valence-corrected chi connectivity index (χ1v) is 7.42. The molecule has 2 heterocycles. The molecule has 0 amide bonds. The van der Waals surface area contributed by atoms with Crippen molar-refractivity contribution in [2.24, 2.45) is 0 Å². The first kappa shape index (κ1) is 14.2. The normalized spacial score (nSPS) is 11.1. The van der Waals surface area contributed by atoms with Crippen LogP contribution in [0.15, 0.2) is 12.5 Å². The fourth-order valence-corrected chi connectivity index (χ4v) is 2.28. The number of imidazole rings is 1. The lowest BCUT2D eigenvalue weighted by Gasteiger charge is -2.13. The first-order valence-electron chi connectivity index (χ1n) is 6.34. The molecule has 1 N–H and O–H groups in total. The topological polar surface area (TPSA) is 55.6 Å². The third-order valence-electron chi connectivity index (χ3n) is 2.81. The van der Waals surface area contributed by atoms with Crippen LogP contribution in [0.5, 0.6) is 0 Å². The molecule has 0 unspecified atom stereocenters. The number of aryl methyl sites for hydroxylation is 1. The van der Waals surface area contributed by atoms with Crippen LogP contribution in [-0.4, -0.2) is 26.1 Å². The van der Waals surface area contributed by atoms with E-state index in [1.165, 1.54) is 0 Å². The Hall–Kier alpha value is -1.18. The van der Waals surface area contributed by atoms with Gasteiger partial charge in [0.15, 0.2) is 5.82 Å². The lowest BCUT2D eigenvalue weighted by molar-refractivity contribution is 0.603. The number of anilines is 1. The Morgan fingerprint density at radius 1 is 1.37 bits per heavy atom. The van der Waals surface area contributed by atoms with Gasteiger partial charge in [-0.2, -0.15) is 0 Å². The van der Waals surface area contributed by atoms with Gasteiger partial charge in [-0.1, -0.05) is 0 Å². The Morgan fingerprint density at radius 2 is 2.11 bits per heavy atom. The second-order valence-corrected chi connectivity index (χ2v) is 5.68. The molecule has 0 aliphatic rings. The van der Waals surface area contributed by atoms with Gasteiger partial charge in [-0.3, -0.25) is 0 Å². The smallest absolute Gasteiger partial charge is 0.180 e. The molecule has 2 aromatic heterocycles. The minimum absolute atomic E-state index is 0.336. The fraction of sp³-hybridized carbons (Fsp3) is 0.462. The van der Waals surface area contributed by atoms with E-state index in [1.807, 2.05) is 19.4 Å². The minimum atomic E-state index is 0.336. The lowest BCUT2D eigenvalue weighted by Crippen LogP contribution is -2.08. The van der Waals surface area contributed by atoms with Crippen molar-refractivity contribution in [2.75, 3.05) is 11.9 Å². The molecule has 0 bridgehead atoms. The van der Waals surface area contributed by atoms with E-state index in [9.17, 15) is 0 Å². The van der Waals surface area contributed by atoms with Gasteiger partial charge >= 0.3 is 0 Å². The number of halogens is 1. The van der Waals surface area contributed by atoms with Crippen molar-refractivity contribution in [3.8, 4) is 11.5 Å². The van der Waals surface area contributed by atoms with Crippen LogP contribution in [0.3, 0.4) is 0 Å². The van der Waals surface area contributed by atoms with Crippen LogP contribution in [0.4, 0.5) is 5.82 Å². The Balaban J connectivity index is 2.53. The maximum atomic E-state index is 4.62. The molecular formula is C13H18IN5. The molecule has 0 atom stereocenters. The van der Waals surface area contributed by atoms with E-state index in [0.29, 0.717) is 6.04 Å². The third kappa shape index (κ3) is 2.88. The summed E-state index contributed by atoms with van der Waals surface area (Å²) in [6.45, 7) is 9.15. The van der Waals surface area contributed by atoms with E-state index in [1.54, 1.807) is 0 Å². The van der Waals surface area contributed by atoms with Crippen molar-refractivity contribution in [3.05, 3.63) is 21.8 Å². The van der Waals surface area contributed by atoms with Crippen molar-refractivity contribution in [3.63, 3.8) is 0 Å². The van der Waals surface area contributed by atoms with Gasteiger partial charge in [0, 0.05) is 12.6 Å². The molecule has 0 aliphatic carbocycles. The van der Waals surface area contributed by atoms with Gasteiger partial charge in [-0.15, -0.1) is 0 Å². The Bertz CT molecular complexity index is 576. The molecule has 2 rings (SSSR count). The molecule has 102 valence electrons. The van der Waals surface area contributed by atoms with Crippen molar-refractivity contribution < 1.29 is 0 Å². The van der Waals surface area contributed by atoms with Gasteiger partial charge in [-0.25, -0.2) is 15.0 Å². The molecule has 6 heteroatoms. The molecule has 0 saturated heterocycles. The fourth-order valence-electron chi connectivity index (χ4n) is 1.85. The summed E-state index contributed by atoms with van der Waals surface area (Å²) >= 11 is 2.27. The quantitative estimate of drug-likeness (QED) is 0.839. The molecular weight excluding hydrogens is 353 g/mol. The molecule has 2 aromatic rings. The monoisotopic (exact) mass is 371 g/mol. The first-order chi connectivity index (χ1) is 9.04. The third-order valence-corrected chi connectivity index (χ3v) is 4.10. The summed E-state index contributed by atoms with van der Waals surface area (Å²) in [5, 5.41) is 3.28. The zero-order valence-corrected chi connectivity index (χ0v) is 13.8. The van der Waals surface area contributed by atoms with E-state index in [4.69, 9.17) is 0 Å². The van der Waals surface area contributed by atoms with Crippen molar-refractivity contribution >= 4 is 28.4 Å². The molecule has 0 saturated carbocycles. The highest BCUT2D eigenvalue weighted by Crippen LogP contribution is 2.24. The predicted octanol–water partition coefficient (Wildman–Crippen LogP) is 3.27. The van der Waals surface area contributed by atoms with Gasteiger partial charge in [-0.05, 0) is 50.3 Å². The summed E-state index contributed by atoms with van der Waals surface area (Å²) < 4.78 is 3.15. The van der Waals surface area contributed by atoms with E-state index >= 15 is 0 Å². The number of rotatable bonds is 4. The molecule has 0 spiro atoms. The number of nitrogens with zero attached hydrogens (tertiary/aromatic N) is 4. The minimum Gasteiger partial charge on any atom is -0.369 e. The number of nitrogens with one attached hydrogen (secondary N) is 1. The van der Waals surface area contributed by atoms with Crippen molar-refractivity contribution in [2.45, 2.75) is 33.7 Å². The van der Waals surface area contributed by atoms with Crippen LogP contribution in [0.2, 0.25) is 0 Å². The average Bonchev–Trinajstić information content (AvgIpc) is 2.84. The van der Waals surface area contributed by atoms with Crippen LogP contribution in [0.25, 0.3) is 11.5 Å². The van der Waals surface area contributed by atoms with E-state index in [0.717, 1.165) is 33.1 Å². The molecule has 5 nitrogen and oxygen atoms in total. The molecule has 0 radical (unpaired) electrons. The van der Waals surface area contributed by atoms with Crippen molar-refractivity contribution in [1.82, 2.24) is 19.5 Å². The van der Waals surface area contributed by atoms with Gasteiger partial charge < -0.3 is 9.88 Å². The van der Waals surface area contributed by atoms with Gasteiger partial charge in [0.1, 0.15) is 11.5 Å². The molecule has 0 aliphatic heterocycles. The summed E-state index contributed by atoms with van der Waals surface area (Å²) in [6.07, 6.45) is 3.64. The van der Waals surface area contributed by atoms with Crippen LogP contribution in [0.1, 0.15) is 32.5 Å². The number of hydrogen-bond acceptors (Lipinski definition) is 4. The second kappa shape index (κ2) is 5.85. The van der Waals surface area contributed by atoms with E-state index in [2.05, 4.69) is 68.2 Å². The van der Waals surface area contributed by atoms with E-state index in [-0.39, 0.29) is 0 Å². The van der Waals surface area contributed by atoms with Crippen LogP contribution >= 0.6 is 22.6 Å². The van der Waals surface area contributed by atoms with Gasteiger partial charge in [0.05, 0.1) is 21.8 Å². The Labute approximate surface area is 127 Å². The van der Waals surface area contributed by atoms with Crippen LogP contribution in [-0.2, 0) is 0 Å². The second-order valence-electron chi connectivity index (χ2n) is 4.61. The molecule has 0 aromatic carbocycles. The van der Waals surface area contributed by atoms with E-state index < -0.39 is 0 Å². The average molecular weight is 371 g/mol. The summed E-state index contributed by atoms with van der Waals surface area (Å²) in [5.41, 5.74) is 1.94. The predicted molar refractivity (Wildman–Crippen MR) is 85.3 cm³/mol. The van der Waals surface area contributed by atoms with Crippen molar-refractivity contribution in [1.29, 1.82) is 0 Å². The zero-order chi connectivity index (χ0) is 14.0. The standard InChI is InChI=1S/C13H18IN5/c1-5-16-13-11(14)9(4)17-12(18-13)10-6-15-7-19(10)8(2)3/h6-8H,5H2,1-4H3,(H,16,17,18). The Kier molecular flexibility index (Phi) is 4.38. The number of aromatic nitrogens is 4. The largest absolute Gasteiger partial charge is 0.369 e. The number of hydrogen-bond donors (Lipinski definition) is 1. The molecule has 0 fully saturated rings. The Morgan fingerprint density at radius 3 is 2.74 bits per heavy atom.